The van der Waals surface area contributed by atoms with Crippen LogP contribution in [0.25, 0.3) is 0 Å². The fraction of sp³-hybridized carbons (Fsp3) is 0.600. The molecule has 1 fully saturated rings. The van der Waals surface area contributed by atoms with Gasteiger partial charge in [0, 0.05) is 24.8 Å². The molecule has 0 bridgehead atoms. The largest absolute Gasteiger partial charge is 0.372 e. The summed E-state index contributed by atoms with van der Waals surface area (Å²) in [6, 6.07) is 9.02. The zero-order valence-electron chi connectivity index (χ0n) is 11.0. The SMILES string of the molecule is CCC(C)[C@@H](N)c1ccc(N2CCCC2)cc1. The van der Waals surface area contributed by atoms with Gasteiger partial charge in [0.1, 0.15) is 0 Å². The van der Waals surface area contributed by atoms with Crippen molar-refractivity contribution in [3.8, 4) is 0 Å². The molecule has 0 saturated carbocycles. The van der Waals surface area contributed by atoms with Gasteiger partial charge in [0.15, 0.2) is 0 Å². The Labute approximate surface area is 105 Å². The van der Waals surface area contributed by atoms with Crippen LogP contribution in [0.15, 0.2) is 24.3 Å². The predicted octanol–water partition coefficient (Wildman–Crippen LogP) is 3.33. The molecule has 0 amide bonds. The van der Waals surface area contributed by atoms with Crippen LogP contribution < -0.4 is 10.6 Å². The molecule has 2 N–H and O–H groups in total. The van der Waals surface area contributed by atoms with Crippen LogP contribution in [0.5, 0.6) is 0 Å². The maximum absolute atomic E-state index is 6.24. The van der Waals surface area contributed by atoms with Gasteiger partial charge in [0.05, 0.1) is 0 Å². The number of anilines is 1. The summed E-state index contributed by atoms with van der Waals surface area (Å²) in [6.45, 7) is 6.83. The van der Waals surface area contributed by atoms with Gasteiger partial charge >= 0.3 is 0 Å². The Balaban J connectivity index is 2.06. The fourth-order valence-corrected chi connectivity index (χ4v) is 2.47. The first kappa shape index (κ1) is 12.4. The second kappa shape index (κ2) is 5.54. The van der Waals surface area contributed by atoms with E-state index in [0.717, 1.165) is 6.42 Å². The highest BCUT2D eigenvalue weighted by molar-refractivity contribution is 5.48. The summed E-state index contributed by atoms with van der Waals surface area (Å²) in [4.78, 5) is 2.46. The molecule has 2 heteroatoms. The second-order valence-corrected chi connectivity index (χ2v) is 5.20. The van der Waals surface area contributed by atoms with Crippen molar-refractivity contribution in [2.45, 2.75) is 39.2 Å². The van der Waals surface area contributed by atoms with Crippen molar-refractivity contribution >= 4 is 5.69 Å². The van der Waals surface area contributed by atoms with Crippen LogP contribution in [-0.4, -0.2) is 13.1 Å². The number of hydrogen-bond acceptors (Lipinski definition) is 2. The van der Waals surface area contributed by atoms with E-state index >= 15 is 0 Å². The highest BCUT2D eigenvalue weighted by atomic mass is 15.1. The Hall–Kier alpha value is -1.02. The monoisotopic (exact) mass is 232 g/mol. The first-order valence-corrected chi connectivity index (χ1v) is 6.83. The average Bonchev–Trinajstić information content (AvgIpc) is 2.91. The van der Waals surface area contributed by atoms with E-state index in [2.05, 4.69) is 43.0 Å². The van der Waals surface area contributed by atoms with Crippen molar-refractivity contribution in [1.82, 2.24) is 0 Å². The standard InChI is InChI=1S/C15H24N2/c1-3-12(2)15(16)13-6-8-14(9-7-13)17-10-4-5-11-17/h6-9,12,15H,3-5,10-11,16H2,1-2H3/t12?,15-/m1/s1. The maximum Gasteiger partial charge on any atom is 0.0366 e. The quantitative estimate of drug-likeness (QED) is 0.862. The summed E-state index contributed by atoms with van der Waals surface area (Å²) >= 11 is 0. The molecule has 1 heterocycles. The third kappa shape index (κ3) is 2.81. The Kier molecular flexibility index (Phi) is 4.06. The lowest BCUT2D eigenvalue weighted by Crippen LogP contribution is -2.20. The van der Waals surface area contributed by atoms with Gasteiger partial charge in [-0.15, -0.1) is 0 Å². The Morgan fingerprint density at radius 1 is 1.18 bits per heavy atom. The van der Waals surface area contributed by atoms with Crippen LogP contribution in [0.4, 0.5) is 5.69 Å². The molecular formula is C15H24N2. The molecule has 0 spiro atoms. The topological polar surface area (TPSA) is 29.3 Å². The number of hydrogen-bond donors (Lipinski definition) is 1. The highest BCUT2D eigenvalue weighted by Crippen LogP contribution is 2.25. The lowest BCUT2D eigenvalue weighted by atomic mass is 9.93. The molecule has 0 aromatic heterocycles. The van der Waals surface area contributed by atoms with Gasteiger partial charge in [-0.3, -0.25) is 0 Å². The van der Waals surface area contributed by atoms with Gasteiger partial charge in [0.25, 0.3) is 0 Å². The van der Waals surface area contributed by atoms with Gasteiger partial charge in [-0.2, -0.15) is 0 Å². The van der Waals surface area contributed by atoms with E-state index in [4.69, 9.17) is 5.73 Å². The summed E-state index contributed by atoms with van der Waals surface area (Å²) in [7, 11) is 0. The van der Waals surface area contributed by atoms with E-state index in [9.17, 15) is 0 Å². The van der Waals surface area contributed by atoms with Gasteiger partial charge in [-0.25, -0.2) is 0 Å². The molecule has 1 saturated heterocycles. The predicted molar refractivity (Wildman–Crippen MR) is 74.3 cm³/mol. The molecule has 1 unspecified atom stereocenters. The summed E-state index contributed by atoms with van der Waals surface area (Å²) in [5.74, 6) is 0.549. The van der Waals surface area contributed by atoms with Crippen LogP contribution >= 0.6 is 0 Å². The molecule has 2 rings (SSSR count). The lowest BCUT2D eigenvalue weighted by Gasteiger charge is -2.21. The molecule has 1 aliphatic rings. The molecule has 2 nitrogen and oxygen atoms in total. The van der Waals surface area contributed by atoms with Crippen LogP contribution in [0.2, 0.25) is 0 Å². The number of benzene rings is 1. The minimum Gasteiger partial charge on any atom is -0.372 e. The molecule has 0 aliphatic carbocycles. The number of nitrogens with two attached hydrogens (primary N) is 1. The molecule has 1 aromatic carbocycles. The van der Waals surface area contributed by atoms with E-state index in [1.807, 2.05) is 0 Å². The van der Waals surface area contributed by atoms with Crippen LogP contribution in [-0.2, 0) is 0 Å². The van der Waals surface area contributed by atoms with Crippen molar-refractivity contribution in [1.29, 1.82) is 0 Å². The summed E-state index contributed by atoms with van der Waals surface area (Å²) in [6.07, 6.45) is 3.79. The van der Waals surface area contributed by atoms with Crippen molar-refractivity contribution in [3.63, 3.8) is 0 Å². The smallest absolute Gasteiger partial charge is 0.0366 e. The molecular weight excluding hydrogens is 208 g/mol. The molecule has 1 aliphatic heterocycles. The molecule has 1 aromatic rings. The van der Waals surface area contributed by atoms with Crippen LogP contribution in [0, 0.1) is 5.92 Å². The summed E-state index contributed by atoms with van der Waals surface area (Å²) in [5.41, 5.74) is 8.85. The molecule has 2 atom stereocenters. The van der Waals surface area contributed by atoms with Crippen molar-refractivity contribution in [3.05, 3.63) is 29.8 Å². The third-order valence-corrected chi connectivity index (χ3v) is 4.01. The second-order valence-electron chi connectivity index (χ2n) is 5.20. The highest BCUT2D eigenvalue weighted by Gasteiger charge is 2.15. The first-order valence-electron chi connectivity index (χ1n) is 6.83. The molecule has 0 radical (unpaired) electrons. The van der Waals surface area contributed by atoms with E-state index < -0.39 is 0 Å². The van der Waals surface area contributed by atoms with Gasteiger partial charge in [0.2, 0.25) is 0 Å². The van der Waals surface area contributed by atoms with Gasteiger partial charge in [-0.1, -0.05) is 32.4 Å². The fourth-order valence-electron chi connectivity index (χ4n) is 2.47. The zero-order chi connectivity index (χ0) is 12.3. The Morgan fingerprint density at radius 3 is 2.29 bits per heavy atom. The van der Waals surface area contributed by atoms with E-state index in [-0.39, 0.29) is 6.04 Å². The Bertz CT molecular complexity index is 338. The Morgan fingerprint density at radius 2 is 1.76 bits per heavy atom. The zero-order valence-corrected chi connectivity index (χ0v) is 11.0. The lowest BCUT2D eigenvalue weighted by molar-refractivity contribution is 0.457. The first-order chi connectivity index (χ1) is 8.22. The van der Waals surface area contributed by atoms with Crippen molar-refractivity contribution in [2.75, 3.05) is 18.0 Å². The van der Waals surface area contributed by atoms with E-state index in [1.54, 1.807) is 0 Å². The molecule has 17 heavy (non-hydrogen) atoms. The van der Waals surface area contributed by atoms with Crippen LogP contribution in [0.3, 0.4) is 0 Å². The summed E-state index contributed by atoms with van der Waals surface area (Å²) < 4.78 is 0. The minimum absolute atomic E-state index is 0.174. The normalized spacial score (nSPS) is 19.4. The van der Waals surface area contributed by atoms with Crippen LogP contribution in [0.1, 0.15) is 44.7 Å². The number of nitrogens with zero attached hydrogens (tertiary/aromatic N) is 1. The maximum atomic E-state index is 6.24. The third-order valence-electron chi connectivity index (χ3n) is 4.01. The van der Waals surface area contributed by atoms with Crippen molar-refractivity contribution in [2.24, 2.45) is 11.7 Å². The minimum atomic E-state index is 0.174. The van der Waals surface area contributed by atoms with E-state index in [0.29, 0.717) is 5.92 Å². The summed E-state index contributed by atoms with van der Waals surface area (Å²) in [5, 5.41) is 0. The van der Waals surface area contributed by atoms with E-state index in [1.165, 1.54) is 37.2 Å². The van der Waals surface area contributed by atoms with Gasteiger partial charge < -0.3 is 10.6 Å². The van der Waals surface area contributed by atoms with Crippen molar-refractivity contribution < 1.29 is 0 Å². The average molecular weight is 232 g/mol. The van der Waals surface area contributed by atoms with Gasteiger partial charge in [-0.05, 0) is 36.5 Å². The number of rotatable bonds is 4. The molecule has 94 valence electrons.